The molecule has 19 heavy (non-hydrogen) atoms. The standard InChI is InChI=1S/C13H14N2O4/c1-3-18-12(16)8-11-14-13(15-19-11)9-6-4-5-7-10(9)17-2/h4-7H,3,8H2,1-2H3. The Kier molecular flexibility index (Phi) is 4.12. The van der Waals surface area contributed by atoms with Gasteiger partial charge in [0, 0.05) is 0 Å². The number of ether oxygens (including phenoxy) is 2. The predicted octanol–water partition coefficient (Wildman–Crippen LogP) is 1.85. The molecule has 0 unspecified atom stereocenters. The molecule has 1 aromatic carbocycles. The van der Waals surface area contributed by atoms with Crippen LogP contribution in [0, 0.1) is 0 Å². The average Bonchev–Trinajstić information content (AvgIpc) is 2.87. The summed E-state index contributed by atoms with van der Waals surface area (Å²) in [7, 11) is 1.57. The molecule has 2 aromatic rings. The Morgan fingerprint density at radius 2 is 2.16 bits per heavy atom. The molecule has 0 aliphatic heterocycles. The van der Waals surface area contributed by atoms with E-state index < -0.39 is 5.97 Å². The molecule has 0 saturated carbocycles. The van der Waals surface area contributed by atoms with Crippen LogP contribution in [0.3, 0.4) is 0 Å². The maximum Gasteiger partial charge on any atom is 0.315 e. The summed E-state index contributed by atoms with van der Waals surface area (Å²) < 4.78 is 15.0. The number of carbonyl (C=O) groups is 1. The van der Waals surface area contributed by atoms with Gasteiger partial charge in [0.1, 0.15) is 12.2 Å². The molecule has 100 valence electrons. The molecule has 0 amide bonds. The summed E-state index contributed by atoms with van der Waals surface area (Å²) in [5, 5.41) is 3.83. The highest BCUT2D eigenvalue weighted by atomic mass is 16.5. The van der Waals surface area contributed by atoms with Gasteiger partial charge in [-0.05, 0) is 19.1 Å². The zero-order chi connectivity index (χ0) is 13.7. The van der Waals surface area contributed by atoms with Crippen molar-refractivity contribution in [3.8, 4) is 17.1 Å². The number of carbonyl (C=O) groups excluding carboxylic acids is 1. The minimum absolute atomic E-state index is 0.0318. The van der Waals surface area contributed by atoms with Crippen LogP contribution in [0.4, 0.5) is 0 Å². The second kappa shape index (κ2) is 5.99. The lowest BCUT2D eigenvalue weighted by Gasteiger charge is -2.03. The zero-order valence-corrected chi connectivity index (χ0v) is 10.8. The summed E-state index contributed by atoms with van der Waals surface area (Å²) in [6.07, 6.45) is -0.0318. The van der Waals surface area contributed by atoms with Gasteiger partial charge < -0.3 is 14.0 Å². The molecule has 0 fully saturated rings. The van der Waals surface area contributed by atoms with Crippen LogP contribution in [0.1, 0.15) is 12.8 Å². The molecule has 1 aromatic heterocycles. The van der Waals surface area contributed by atoms with E-state index in [1.165, 1.54) is 0 Å². The Morgan fingerprint density at radius 3 is 2.89 bits per heavy atom. The van der Waals surface area contributed by atoms with E-state index in [9.17, 15) is 4.79 Å². The van der Waals surface area contributed by atoms with Gasteiger partial charge in [0.25, 0.3) is 0 Å². The van der Waals surface area contributed by atoms with Crippen LogP contribution in [0.15, 0.2) is 28.8 Å². The van der Waals surface area contributed by atoms with Gasteiger partial charge >= 0.3 is 5.97 Å². The number of para-hydroxylation sites is 1. The number of hydrogen-bond acceptors (Lipinski definition) is 6. The minimum atomic E-state index is -0.391. The lowest BCUT2D eigenvalue weighted by atomic mass is 10.2. The fraction of sp³-hybridized carbons (Fsp3) is 0.308. The highest BCUT2D eigenvalue weighted by Crippen LogP contribution is 2.26. The predicted molar refractivity (Wildman–Crippen MR) is 66.6 cm³/mol. The normalized spacial score (nSPS) is 10.2. The smallest absolute Gasteiger partial charge is 0.315 e. The molecule has 0 spiro atoms. The summed E-state index contributed by atoms with van der Waals surface area (Å²) >= 11 is 0. The number of rotatable bonds is 5. The molecule has 6 nitrogen and oxygen atoms in total. The summed E-state index contributed by atoms with van der Waals surface area (Å²) in [5.74, 6) is 0.861. The minimum Gasteiger partial charge on any atom is -0.496 e. The molecule has 0 saturated heterocycles. The van der Waals surface area contributed by atoms with Crippen molar-refractivity contribution in [3.63, 3.8) is 0 Å². The van der Waals surface area contributed by atoms with Gasteiger partial charge in [-0.1, -0.05) is 17.3 Å². The van der Waals surface area contributed by atoms with Crippen LogP contribution in [0.25, 0.3) is 11.4 Å². The molecular weight excluding hydrogens is 248 g/mol. The van der Waals surface area contributed by atoms with Crippen LogP contribution < -0.4 is 4.74 Å². The summed E-state index contributed by atoms with van der Waals surface area (Å²) in [5.41, 5.74) is 0.712. The van der Waals surface area contributed by atoms with Gasteiger partial charge in [-0.3, -0.25) is 4.79 Å². The largest absolute Gasteiger partial charge is 0.496 e. The van der Waals surface area contributed by atoms with Gasteiger partial charge in [0.15, 0.2) is 0 Å². The number of esters is 1. The monoisotopic (exact) mass is 262 g/mol. The van der Waals surface area contributed by atoms with Crippen molar-refractivity contribution >= 4 is 5.97 Å². The highest BCUT2D eigenvalue weighted by molar-refractivity contribution is 5.71. The first-order valence-electron chi connectivity index (χ1n) is 5.86. The molecule has 0 radical (unpaired) electrons. The van der Waals surface area contributed by atoms with Crippen molar-refractivity contribution in [2.75, 3.05) is 13.7 Å². The van der Waals surface area contributed by atoms with E-state index in [0.29, 0.717) is 23.7 Å². The molecule has 0 atom stereocenters. The third kappa shape index (κ3) is 3.09. The van der Waals surface area contributed by atoms with Crippen LogP contribution in [-0.2, 0) is 16.0 Å². The van der Waals surface area contributed by atoms with Gasteiger partial charge in [0.05, 0.1) is 19.3 Å². The molecule has 0 N–H and O–H groups in total. The molecule has 1 heterocycles. The van der Waals surface area contributed by atoms with Crippen molar-refractivity contribution in [3.05, 3.63) is 30.2 Å². The first-order chi connectivity index (χ1) is 9.24. The molecular formula is C13H14N2O4. The average molecular weight is 262 g/mol. The first kappa shape index (κ1) is 13.1. The van der Waals surface area contributed by atoms with Crippen molar-refractivity contribution in [1.82, 2.24) is 10.1 Å². The number of hydrogen-bond donors (Lipinski definition) is 0. The summed E-state index contributed by atoms with van der Waals surface area (Å²) in [4.78, 5) is 15.5. The molecule has 0 aliphatic carbocycles. The number of aromatic nitrogens is 2. The van der Waals surface area contributed by atoms with Gasteiger partial charge in [-0.2, -0.15) is 4.98 Å². The van der Waals surface area contributed by atoms with E-state index >= 15 is 0 Å². The van der Waals surface area contributed by atoms with Crippen molar-refractivity contribution in [2.24, 2.45) is 0 Å². The van der Waals surface area contributed by atoms with E-state index in [1.54, 1.807) is 20.1 Å². The second-order valence-corrected chi connectivity index (χ2v) is 3.69. The highest BCUT2D eigenvalue weighted by Gasteiger charge is 2.15. The van der Waals surface area contributed by atoms with Gasteiger partial charge in [0.2, 0.25) is 11.7 Å². The maximum absolute atomic E-state index is 11.3. The Balaban J connectivity index is 2.19. The van der Waals surface area contributed by atoms with Crippen LogP contribution in [-0.4, -0.2) is 29.8 Å². The number of benzene rings is 1. The first-order valence-corrected chi connectivity index (χ1v) is 5.86. The van der Waals surface area contributed by atoms with Crippen LogP contribution in [0.2, 0.25) is 0 Å². The molecule has 0 bridgehead atoms. The lowest BCUT2D eigenvalue weighted by molar-refractivity contribution is -0.142. The van der Waals surface area contributed by atoms with Crippen LogP contribution in [0.5, 0.6) is 5.75 Å². The quantitative estimate of drug-likeness (QED) is 0.765. The van der Waals surface area contributed by atoms with Crippen molar-refractivity contribution in [1.29, 1.82) is 0 Å². The third-order valence-electron chi connectivity index (χ3n) is 2.42. The molecule has 6 heteroatoms. The number of methoxy groups -OCH3 is 1. The Hall–Kier alpha value is -2.37. The van der Waals surface area contributed by atoms with Gasteiger partial charge in [-0.15, -0.1) is 0 Å². The Morgan fingerprint density at radius 1 is 1.37 bits per heavy atom. The van der Waals surface area contributed by atoms with Crippen molar-refractivity contribution in [2.45, 2.75) is 13.3 Å². The second-order valence-electron chi connectivity index (χ2n) is 3.69. The third-order valence-corrected chi connectivity index (χ3v) is 2.42. The van der Waals surface area contributed by atoms with E-state index in [1.807, 2.05) is 18.2 Å². The fourth-order valence-electron chi connectivity index (χ4n) is 1.60. The lowest BCUT2D eigenvalue weighted by Crippen LogP contribution is -2.07. The fourth-order valence-corrected chi connectivity index (χ4v) is 1.60. The van der Waals surface area contributed by atoms with Crippen molar-refractivity contribution < 1.29 is 18.8 Å². The number of nitrogens with zero attached hydrogens (tertiary/aromatic N) is 2. The van der Waals surface area contributed by atoms with Gasteiger partial charge in [-0.25, -0.2) is 0 Å². The molecule has 2 rings (SSSR count). The van der Waals surface area contributed by atoms with Crippen LogP contribution >= 0.6 is 0 Å². The van der Waals surface area contributed by atoms with E-state index in [4.69, 9.17) is 14.0 Å². The maximum atomic E-state index is 11.3. The summed E-state index contributed by atoms with van der Waals surface area (Å²) in [6.45, 7) is 2.07. The molecule has 0 aliphatic rings. The Bertz CT molecular complexity index is 565. The van der Waals surface area contributed by atoms with E-state index in [0.717, 1.165) is 0 Å². The SMILES string of the molecule is CCOC(=O)Cc1nc(-c2ccccc2OC)no1. The van der Waals surface area contributed by atoms with E-state index in [-0.39, 0.29) is 12.3 Å². The zero-order valence-electron chi connectivity index (χ0n) is 10.8. The Labute approximate surface area is 110 Å². The van der Waals surface area contributed by atoms with E-state index in [2.05, 4.69) is 10.1 Å². The summed E-state index contributed by atoms with van der Waals surface area (Å²) in [6, 6.07) is 7.32. The topological polar surface area (TPSA) is 74.5 Å².